The standard InChI is InChI=1S/C12H22N2O5/c1-4-14(5-6-19-3)12(18)13-10(15)7-9(2)8-11(16)17/h9H,4-8H2,1-3H3,(H,16,17)(H,13,15,18). The van der Waals surface area contributed by atoms with Crippen molar-refractivity contribution in [2.24, 2.45) is 5.92 Å². The predicted molar refractivity (Wildman–Crippen MR) is 68.7 cm³/mol. The zero-order valence-corrected chi connectivity index (χ0v) is 11.6. The molecular formula is C12H22N2O5. The first-order chi connectivity index (χ1) is 8.90. The van der Waals surface area contributed by atoms with E-state index in [0.29, 0.717) is 19.7 Å². The van der Waals surface area contributed by atoms with E-state index < -0.39 is 17.9 Å². The third kappa shape index (κ3) is 8.15. The monoisotopic (exact) mass is 274 g/mol. The highest BCUT2D eigenvalue weighted by Gasteiger charge is 2.17. The fourth-order valence-electron chi connectivity index (χ4n) is 1.54. The molecule has 1 unspecified atom stereocenters. The van der Waals surface area contributed by atoms with Crippen molar-refractivity contribution in [3.05, 3.63) is 0 Å². The molecule has 0 rings (SSSR count). The quantitative estimate of drug-likeness (QED) is 0.679. The summed E-state index contributed by atoms with van der Waals surface area (Å²) in [6.07, 6.45) is -0.0807. The molecule has 110 valence electrons. The van der Waals surface area contributed by atoms with Gasteiger partial charge in [0.15, 0.2) is 0 Å². The van der Waals surface area contributed by atoms with Crippen LogP contribution in [0.25, 0.3) is 0 Å². The number of amides is 3. The highest BCUT2D eigenvalue weighted by atomic mass is 16.5. The molecule has 3 amide bonds. The van der Waals surface area contributed by atoms with Gasteiger partial charge in [-0.25, -0.2) is 4.79 Å². The van der Waals surface area contributed by atoms with E-state index in [1.165, 1.54) is 12.0 Å². The summed E-state index contributed by atoms with van der Waals surface area (Å²) in [6.45, 7) is 4.71. The topological polar surface area (TPSA) is 95.9 Å². The summed E-state index contributed by atoms with van der Waals surface area (Å²) in [4.78, 5) is 35.2. The predicted octanol–water partition coefficient (Wildman–Crippen LogP) is 0.692. The molecule has 0 aromatic rings. The number of nitrogens with one attached hydrogen (secondary N) is 1. The highest BCUT2D eigenvalue weighted by molar-refractivity contribution is 5.94. The first kappa shape index (κ1) is 17.4. The number of hydrogen-bond donors (Lipinski definition) is 2. The number of hydrogen-bond acceptors (Lipinski definition) is 4. The Morgan fingerprint density at radius 3 is 2.42 bits per heavy atom. The molecule has 0 aliphatic carbocycles. The molecule has 0 aromatic carbocycles. The smallest absolute Gasteiger partial charge is 0.324 e. The number of carbonyl (C=O) groups excluding carboxylic acids is 2. The van der Waals surface area contributed by atoms with Gasteiger partial charge in [-0.2, -0.15) is 0 Å². The Labute approximate surface area is 112 Å². The van der Waals surface area contributed by atoms with Crippen LogP contribution in [0.5, 0.6) is 0 Å². The van der Waals surface area contributed by atoms with Crippen LogP contribution in [0.1, 0.15) is 26.7 Å². The number of methoxy groups -OCH3 is 1. The number of aliphatic carboxylic acids is 1. The summed E-state index contributed by atoms with van der Waals surface area (Å²) in [7, 11) is 1.53. The number of rotatable bonds is 8. The van der Waals surface area contributed by atoms with Crippen molar-refractivity contribution in [1.82, 2.24) is 10.2 Å². The van der Waals surface area contributed by atoms with Crippen LogP contribution >= 0.6 is 0 Å². The van der Waals surface area contributed by atoms with Gasteiger partial charge in [0.1, 0.15) is 0 Å². The van der Waals surface area contributed by atoms with Gasteiger partial charge in [-0.15, -0.1) is 0 Å². The average Bonchev–Trinajstić information content (AvgIpc) is 2.28. The van der Waals surface area contributed by atoms with Gasteiger partial charge in [-0.3, -0.25) is 14.9 Å². The van der Waals surface area contributed by atoms with Crippen LogP contribution in [-0.4, -0.2) is 54.7 Å². The summed E-state index contributed by atoms with van der Waals surface area (Å²) < 4.78 is 4.87. The minimum atomic E-state index is -0.957. The van der Waals surface area contributed by atoms with E-state index in [4.69, 9.17) is 9.84 Å². The second-order valence-electron chi connectivity index (χ2n) is 4.33. The minimum Gasteiger partial charge on any atom is -0.481 e. The van der Waals surface area contributed by atoms with E-state index in [-0.39, 0.29) is 18.8 Å². The molecule has 19 heavy (non-hydrogen) atoms. The number of urea groups is 1. The fraction of sp³-hybridized carbons (Fsp3) is 0.750. The Morgan fingerprint density at radius 1 is 1.32 bits per heavy atom. The number of nitrogens with zero attached hydrogens (tertiary/aromatic N) is 1. The second-order valence-corrected chi connectivity index (χ2v) is 4.33. The third-order valence-electron chi connectivity index (χ3n) is 2.54. The molecule has 7 nitrogen and oxygen atoms in total. The normalized spacial score (nSPS) is 11.7. The van der Waals surface area contributed by atoms with E-state index >= 15 is 0 Å². The first-order valence-electron chi connectivity index (χ1n) is 6.20. The lowest BCUT2D eigenvalue weighted by atomic mass is 10.0. The average molecular weight is 274 g/mol. The van der Waals surface area contributed by atoms with Gasteiger partial charge in [-0.1, -0.05) is 6.92 Å². The molecule has 0 saturated carbocycles. The first-order valence-corrected chi connectivity index (χ1v) is 6.20. The summed E-state index contributed by atoms with van der Waals surface area (Å²) >= 11 is 0. The van der Waals surface area contributed by atoms with Crippen molar-refractivity contribution < 1.29 is 24.2 Å². The van der Waals surface area contributed by atoms with Gasteiger partial charge in [0.05, 0.1) is 6.61 Å². The third-order valence-corrected chi connectivity index (χ3v) is 2.54. The second kappa shape index (κ2) is 9.32. The number of ether oxygens (including phenoxy) is 1. The van der Waals surface area contributed by atoms with Crippen molar-refractivity contribution >= 4 is 17.9 Å². The van der Waals surface area contributed by atoms with Crippen molar-refractivity contribution in [1.29, 1.82) is 0 Å². The maximum atomic E-state index is 11.7. The molecule has 2 N–H and O–H groups in total. The molecule has 0 heterocycles. The van der Waals surface area contributed by atoms with E-state index in [2.05, 4.69) is 5.32 Å². The molecule has 7 heteroatoms. The Bertz CT molecular complexity index is 319. The Balaban J connectivity index is 4.15. The highest BCUT2D eigenvalue weighted by Crippen LogP contribution is 2.07. The zero-order chi connectivity index (χ0) is 14.8. The fourth-order valence-corrected chi connectivity index (χ4v) is 1.54. The number of carbonyl (C=O) groups is 3. The summed E-state index contributed by atoms with van der Waals surface area (Å²) in [5, 5.41) is 10.8. The van der Waals surface area contributed by atoms with Gasteiger partial charge in [-0.05, 0) is 12.8 Å². The van der Waals surface area contributed by atoms with Gasteiger partial charge < -0.3 is 14.7 Å². The lowest BCUT2D eigenvalue weighted by Gasteiger charge is -2.20. The number of carboxylic acid groups (broad SMARTS) is 1. The lowest BCUT2D eigenvalue weighted by molar-refractivity contribution is -0.138. The molecule has 0 aromatic heterocycles. The van der Waals surface area contributed by atoms with Crippen LogP contribution in [0, 0.1) is 5.92 Å². The maximum Gasteiger partial charge on any atom is 0.324 e. The maximum absolute atomic E-state index is 11.7. The molecule has 0 bridgehead atoms. The summed E-state index contributed by atoms with van der Waals surface area (Å²) in [6, 6.07) is -0.480. The molecule has 1 atom stereocenters. The molecule has 0 saturated heterocycles. The Kier molecular flexibility index (Phi) is 8.52. The Hall–Kier alpha value is -1.63. The van der Waals surface area contributed by atoms with E-state index in [9.17, 15) is 14.4 Å². The number of carboxylic acids is 1. The molecular weight excluding hydrogens is 252 g/mol. The molecule has 0 aliphatic heterocycles. The van der Waals surface area contributed by atoms with Crippen LogP contribution in [0.4, 0.5) is 4.79 Å². The molecule has 0 spiro atoms. The van der Waals surface area contributed by atoms with Gasteiger partial charge in [0, 0.05) is 33.0 Å². The van der Waals surface area contributed by atoms with Crippen LogP contribution in [0.2, 0.25) is 0 Å². The van der Waals surface area contributed by atoms with Gasteiger partial charge in [0.25, 0.3) is 0 Å². The molecule has 0 aliphatic rings. The van der Waals surface area contributed by atoms with Gasteiger partial charge >= 0.3 is 12.0 Å². The molecule has 0 radical (unpaired) electrons. The van der Waals surface area contributed by atoms with Crippen LogP contribution in [-0.2, 0) is 14.3 Å². The Morgan fingerprint density at radius 2 is 1.95 bits per heavy atom. The summed E-state index contributed by atoms with van der Waals surface area (Å²) in [5.74, 6) is -1.73. The lowest BCUT2D eigenvalue weighted by Crippen LogP contribution is -2.44. The van der Waals surface area contributed by atoms with Crippen LogP contribution in [0.15, 0.2) is 0 Å². The SMILES string of the molecule is CCN(CCOC)C(=O)NC(=O)CC(C)CC(=O)O. The van der Waals surface area contributed by atoms with Crippen LogP contribution < -0.4 is 5.32 Å². The summed E-state index contributed by atoms with van der Waals surface area (Å²) in [5.41, 5.74) is 0. The van der Waals surface area contributed by atoms with Crippen LogP contribution in [0.3, 0.4) is 0 Å². The van der Waals surface area contributed by atoms with Gasteiger partial charge in [0.2, 0.25) is 5.91 Å². The van der Waals surface area contributed by atoms with Crippen molar-refractivity contribution in [3.63, 3.8) is 0 Å². The number of likely N-dealkylation sites (N-methyl/N-ethyl adjacent to an activating group) is 1. The van der Waals surface area contributed by atoms with E-state index in [1.807, 2.05) is 0 Å². The van der Waals surface area contributed by atoms with Crippen molar-refractivity contribution in [2.45, 2.75) is 26.7 Å². The minimum absolute atomic E-state index is 0.0138. The van der Waals surface area contributed by atoms with E-state index in [1.54, 1.807) is 13.8 Å². The van der Waals surface area contributed by atoms with Crippen molar-refractivity contribution in [3.8, 4) is 0 Å². The van der Waals surface area contributed by atoms with Crippen molar-refractivity contribution in [2.75, 3.05) is 26.8 Å². The zero-order valence-electron chi connectivity index (χ0n) is 11.6. The molecule has 0 fully saturated rings. The van der Waals surface area contributed by atoms with E-state index in [0.717, 1.165) is 0 Å². The largest absolute Gasteiger partial charge is 0.481 e. The number of imide groups is 1.